The van der Waals surface area contributed by atoms with Crippen LogP contribution in [-0.4, -0.2) is 19.7 Å². The van der Waals surface area contributed by atoms with E-state index in [-0.39, 0.29) is 6.10 Å². The van der Waals surface area contributed by atoms with Crippen LogP contribution in [0.4, 0.5) is 0 Å². The first kappa shape index (κ1) is 17.2. The summed E-state index contributed by atoms with van der Waals surface area (Å²) >= 11 is 0. The minimum absolute atomic E-state index is 0.182. The Hall–Kier alpha value is -0.860. The van der Waals surface area contributed by atoms with E-state index in [2.05, 4.69) is 50.4 Å². The predicted octanol–water partition coefficient (Wildman–Crippen LogP) is 4.63. The second-order valence-corrected chi connectivity index (χ2v) is 5.50. The van der Waals surface area contributed by atoms with Gasteiger partial charge in [0.25, 0.3) is 0 Å². The molecule has 0 saturated carbocycles. The van der Waals surface area contributed by atoms with Gasteiger partial charge in [-0.2, -0.15) is 0 Å². The summed E-state index contributed by atoms with van der Waals surface area (Å²) in [4.78, 5) is 0. The molecule has 0 spiro atoms. The van der Waals surface area contributed by atoms with Crippen molar-refractivity contribution in [3.8, 4) is 0 Å². The van der Waals surface area contributed by atoms with Gasteiger partial charge in [0.15, 0.2) is 0 Å². The monoisotopic (exact) mass is 277 g/mol. The van der Waals surface area contributed by atoms with Crippen LogP contribution in [0.5, 0.6) is 0 Å². The molecule has 2 heteroatoms. The second kappa shape index (κ2) is 10.9. The maximum atomic E-state index is 6.10. The van der Waals surface area contributed by atoms with Crippen molar-refractivity contribution in [1.82, 2.24) is 5.32 Å². The number of unbranched alkanes of at least 4 members (excludes halogenated alkanes) is 4. The number of hydrogen-bond donors (Lipinski definition) is 1. The smallest absolute Gasteiger partial charge is 0.0949 e. The zero-order chi connectivity index (χ0) is 14.6. The molecular weight excluding hydrogens is 246 g/mol. The van der Waals surface area contributed by atoms with Crippen molar-refractivity contribution in [3.05, 3.63) is 35.4 Å². The van der Waals surface area contributed by atoms with Crippen LogP contribution in [0.1, 0.15) is 63.2 Å². The van der Waals surface area contributed by atoms with Gasteiger partial charge in [-0.25, -0.2) is 0 Å². The number of aryl methyl sites for hydroxylation is 1. The Kier molecular flexibility index (Phi) is 9.35. The van der Waals surface area contributed by atoms with Gasteiger partial charge >= 0.3 is 0 Å². The first-order chi connectivity index (χ1) is 9.77. The Bertz CT molecular complexity index is 351. The Labute approximate surface area is 124 Å². The fourth-order valence-electron chi connectivity index (χ4n) is 2.35. The van der Waals surface area contributed by atoms with Crippen molar-refractivity contribution in [1.29, 1.82) is 0 Å². The molecule has 1 rings (SSSR count). The molecule has 1 aromatic carbocycles. The molecule has 0 fully saturated rings. The molecule has 0 bridgehead atoms. The number of likely N-dealkylation sites (N-methyl/N-ethyl adjacent to an activating group) is 1. The van der Waals surface area contributed by atoms with E-state index >= 15 is 0 Å². The van der Waals surface area contributed by atoms with E-state index < -0.39 is 0 Å². The molecule has 0 heterocycles. The summed E-state index contributed by atoms with van der Waals surface area (Å²) in [6.45, 7) is 9.28. The Balaban J connectivity index is 2.40. The van der Waals surface area contributed by atoms with Gasteiger partial charge in [0.05, 0.1) is 6.10 Å². The summed E-state index contributed by atoms with van der Waals surface area (Å²) in [5.74, 6) is 0. The molecule has 0 aromatic heterocycles. The van der Waals surface area contributed by atoms with E-state index in [0.717, 1.165) is 19.7 Å². The summed E-state index contributed by atoms with van der Waals surface area (Å²) < 4.78 is 6.10. The maximum absolute atomic E-state index is 6.10. The van der Waals surface area contributed by atoms with Crippen LogP contribution >= 0.6 is 0 Å². The Morgan fingerprint density at radius 2 is 1.90 bits per heavy atom. The maximum Gasteiger partial charge on any atom is 0.0949 e. The normalized spacial score (nSPS) is 12.6. The van der Waals surface area contributed by atoms with E-state index in [0.29, 0.717) is 0 Å². The molecule has 0 amide bonds. The molecule has 114 valence electrons. The first-order valence-corrected chi connectivity index (χ1v) is 8.16. The van der Waals surface area contributed by atoms with Crippen LogP contribution in [0.2, 0.25) is 0 Å². The third-order valence-electron chi connectivity index (χ3n) is 3.56. The summed E-state index contributed by atoms with van der Waals surface area (Å²) in [5.41, 5.74) is 2.59. The molecule has 0 aliphatic heterocycles. The van der Waals surface area contributed by atoms with Gasteiger partial charge in [0.2, 0.25) is 0 Å². The van der Waals surface area contributed by atoms with Gasteiger partial charge in [-0.05, 0) is 25.5 Å². The number of benzene rings is 1. The molecule has 1 atom stereocenters. The van der Waals surface area contributed by atoms with Gasteiger partial charge in [0, 0.05) is 13.2 Å². The summed E-state index contributed by atoms with van der Waals surface area (Å²) in [6.07, 6.45) is 6.62. The molecule has 0 saturated heterocycles. The highest BCUT2D eigenvalue weighted by Crippen LogP contribution is 2.18. The third-order valence-corrected chi connectivity index (χ3v) is 3.56. The second-order valence-electron chi connectivity index (χ2n) is 5.50. The van der Waals surface area contributed by atoms with Crippen molar-refractivity contribution < 1.29 is 4.74 Å². The lowest BCUT2D eigenvalue weighted by Gasteiger charge is -2.19. The number of rotatable bonds is 11. The van der Waals surface area contributed by atoms with Crippen LogP contribution in [-0.2, 0) is 4.74 Å². The topological polar surface area (TPSA) is 21.3 Å². The fourth-order valence-corrected chi connectivity index (χ4v) is 2.35. The number of ether oxygens (including phenoxy) is 1. The van der Waals surface area contributed by atoms with E-state index in [1.54, 1.807) is 0 Å². The lowest BCUT2D eigenvalue weighted by molar-refractivity contribution is 0.0501. The highest BCUT2D eigenvalue weighted by Gasteiger charge is 2.11. The Morgan fingerprint density at radius 3 is 2.60 bits per heavy atom. The number of hydrogen-bond acceptors (Lipinski definition) is 2. The van der Waals surface area contributed by atoms with Crippen LogP contribution in [0, 0.1) is 6.92 Å². The molecule has 20 heavy (non-hydrogen) atoms. The first-order valence-electron chi connectivity index (χ1n) is 8.16. The van der Waals surface area contributed by atoms with Crippen molar-refractivity contribution in [2.24, 2.45) is 0 Å². The zero-order valence-corrected chi connectivity index (χ0v) is 13.5. The highest BCUT2D eigenvalue weighted by molar-refractivity contribution is 5.24. The molecule has 0 aliphatic rings. The largest absolute Gasteiger partial charge is 0.372 e. The SMILES string of the molecule is CCCCCCCOC(CNCC)c1cccc(C)c1. The average Bonchev–Trinajstić information content (AvgIpc) is 2.45. The van der Waals surface area contributed by atoms with Gasteiger partial charge < -0.3 is 10.1 Å². The molecule has 0 radical (unpaired) electrons. The Morgan fingerprint density at radius 1 is 1.10 bits per heavy atom. The van der Waals surface area contributed by atoms with Crippen LogP contribution < -0.4 is 5.32 Å². The molecule has 1 unspecified atom stereocenters. The minimum Gasteiger partial charge on any atom is -0.372 e. The molecule has 1 aromatic rings. The molecule has 0 aliphatic carbocycles. The lowest BCUT2D eigenvalue weighted by atomic mass is 10.1. The lowest BCUT2D eigenvalue weighted by Crippen LogP contribution is -2.23. The standard InChI is InChI=1S/C18H31NO/c1-4-6-7-8-9-13-20-18(15-19-5-2)17-12-10-11-16(3)14-17/h10-12,14,18-19H,4-9,13,15H2,1-3H3. The number of nitrogens with one attached hydrogen (secondary N) is 1. The summed E-state index contributed by atoms with van der Waals surface area (Å²) in [7, 11) is 0. The summed E-state index contributed by atoms with van der Waals surface area (Å²) in [6, 6.07) is 8.66. The van der Waals surface area contributed by atoms with Crippen LogP contribution in [0.3, 0.4) is 0 Å². The third kappa shape index (κ3) is 7.06. The van der Waals surface area contributed by atoms with Gasteiger partial charge in [-0.1, -0.05) is 69.4 Å². The van der Waals surface area contributed by atoms with E-state index in [1.807, 2.05) is 0 Å². The van der Waals surface area contributed by atoms with Crippen LogP contribution in [0.25, 0.3) is 0 Å². The van der Waals surface area contributed by atoms with Crippen LogP contribution in [0.15, 0.2) is 24.3 Å². The predicted molar refractivity (Wildman–Crippen MR) is 87.2 cm³/mol. The van der Waals surface area contributed by atoms with Gasteiger partial charge in [-0.3, -0.25) is 0 Å². The quantitative estimate of drug-likeness (QED) is 0.595. The average molecular weight is 277 g/mol. The van der Waals surface area contributed by atoms with Crippen molar-refractivity contribution in [2.75, 3.05) is 19.7 Å². The van der Waals surface area contributed by atoms with Gasteiger partial charge in [0.1, 0.15) is 0 Å². The zero-order valence-electron chi connectivity index (χ0n) is 13.5. The minimum atomic E-state index is 0.182. The fraction of sp³-hybridized carbons (Fsp3) is 0.667. The van der Waals surface area contributed by atoms with E-state index in [1.165, 1.54) is 43.2 Å². The summed E-state index contributed by atoms with van der Waals surface area (Å²) in [5, 5.41) is 3.40. The molecular formula is C18H31NO. The van der Waals surface area contributed by atoms with E-state index in [9.17, 15) is 0 Å². The van der Waals surface area contributed by atoms with Gasteiger partial charge in [-0.15, -0.1) is 0 Å². The highest BCUT2D eigenvalue weighted by atomic mass is 16.5. The van der Waals surface area contributed by atoms with Crippen molar-refractivity contribution in [2.45, 2.75) is 59.0 Å². The molecule has 2 nitrogen and oxygen atoms in total. The molecule has 1 N–H and O–H groups in total. The van der Waals surface area contributed by atoms with E-state index in [4.69, 9.17) is 4.74 Å². The van der Waals surface area contributed by atoms with Crippen molar-refractivity contribution >= 4 is 0 Å². The van der Waals surface area contributed by atoms with Crippen molar-refractivity contribution in [3.63, 3.8) is 0 Å².